The third-order valence-electron chi connectivity index (χ3n) is 3.07. The zero-order valence-corrected chi connectivity index (χ0v) is 12.2. The first-order valence-electron chi connectivity index (χ1n) is 5.92. The number of halogens is 1. The number of para-hydroxylation sites is 1. The summed E-state index contributed by atoms with van der Waals surface area (Å²) >= 11 is 1.53. The molecule has 0 atom stereocenters. The van der Waals surface area contributed by atoms with Crippen LogP contribution in [0.15, 0.2) is 48.5 Å². The van der Waals surface area contributed by atoms with E-state index in [1.807, 2.05) is 12.1 Å². The van der Waals surface area contributed by atoms with Crippen LogP contribution < -0.4 is 4.80 Å². The predicted octanol–water partition coefficient (Wildman–Crippen LogP) is 3.96. The Bertz CT molecular complexity index is 741. The normalized spacial score (nSPS) is 10.4. The van der Waals surface area contributed by atoms with Gasteiger partial charge in [0, 0.05) is 0 Å². The van der Waals surface area contributed by atoms with E-state index in [9.17, 15) is 0 Å². The predicted molar refractivity (Wildman–Crippen MR) is 83.2 cm³/mol. The third-order valence-corrected chi connectivity index (χ3v) is 4.05. The van der Waals surface area contributed by atoms with Crippen LogP contribution in [-0.2, 0) is 6.54 Å². The quantitative estimate of drug-likeness (QED) is 0.740. The Morgan fingerprint density at radius 2 is 1.74 bits per heavy atom. The van der Waals surface area contributed by atoms with Crippen LogP contribution in [0.2, 0.25) is 0 Å². The Labute approximate surface area is 122 Å². The fraction of sp³-hybridized carbons (Fsp3) is 0.133. The van der Waals surface area contributed by atoms with Crippen molar-refractivity contribution in [3.05, 3.63) is 64.5 Å². The van der Waals surface area contributed by atoms with E-state index < -0.39 is 0 Å². The molecule has 0 spiro atoms. The second-order valence-electron chi connectivity index (χ2n) is 4.45. The summed E-state index contributed by atoms with van der Waals surface area (Å²) in [5.41, 5.74) is 3.65. The zero-order valence-electron chi connectivity index (χ0n) is 10.6. The maximum Gasteiger partial charge on any atom is 0.183 e. The van der Waals surface area contributed by atoms with Crippen molar-refractivity contribution >= 4 is 34.0 Å². The molecule has 0 aliphatic rings. The van der Waals surface area contributed by atoms with Gasteiger partial charge < -0.3 is 4.57 Å². The smallest absolute Gasteiger partial charge is 0.183 e. The summed E-state index contributed by atoms with van der Waals surface area (Å²) in [6.45, 7) is 2.86. The van der Waals surface area contributed by atoms with Crippen LogP contribution in [0.5, 0.6) is 0 Å². The highest BCUT2D eigenvalue weighted by Gasteiger charge is 2.04. The van der Waals surface area contributed by atoms with E-state index in [0.29, 0.717) is 4.80 Å². The van der Waals surface area contributed by atoms with E-state index in [1.165, 1.54) is 27.2 Å². The summed E-state index contributed by atoms with van der Waals surface area (Å²) in [4.78, 5) is 0.608. The molecule has 0 unspecified atom stereocenters. The minimum absolute atomic E-state index is 0. The van der Waals surface area contributed by atoms with Crippen molar-refractivity contribution in [3.63, 3.8) is 0 Å². The summed E-state index contributed by atoms with van der Waals surface area (Å²) in [5.74, 6) is 0. The van der Waals surface area contributed by atoms with Crippen molar-refractivity contribution in [1.82, 2.24) is 4.57 Å². The van der Waals surface area contributed by atoms with Gasteiger partial charge >= 0.3 is 0 Å². The number of thiazole rings is 1. The first-order chi connectivity index (χ1) is 8.74. The number of nitrogens with zero attached hydrogens (tertiary/aromatic N) is 1. The van der Waals surface area contributed by atoms with Crippen LogP contribution in [0.1, 0.15) is 11.1 Å². The highest BCUT2D eigenvalue weighted by molar-refractivity contribution is 7.16. The molecule has 3 rings (SSSR count). The molecule has 1 heterocycles. The molecule has 0 aliphatic heterocycles. The lowest BCUT2D eigenvalue weighted by molar-refractivity contribution is 0.789. The van der Waals surface area contributed by atoms with E-state index in [0.717, 1.165) is 12.1 Å². The topological polar surface area (TPSA) is 28.8 Å². The van der Waals surface area contributed by atoms with Gasteiger partial charge in [-0.1, -0.05) is 53.3 Å². The lowest BCUT2D eigenvalue weighted by atomic mass is 10.1. The summed E-state index contributed by atoms with van der Waals surface area (Å²) in [6, 6.07) is 16.7. The third kappa shape index (κ3) is 2.72. The molecule has 2 aromatic carbocycles. The lowest BCUT2D eigenvalue weighted by Gasteiger charge is -2.05. The van der Waals surface area contributed by atoms with Crippen LogP contribution in [-0.4, -0.2) is 4.57 Å². The van der Waals surface area contributed by atoms with Crippen LogP contribution >= 0.6 is 23.7 Å². The van der Waals surface area contributed by atoms with Crippen molar-refractivity contribution in [2.24, 2.45) is 0 Å². The standard InChI is InChI=1S/C15H14N2S.ClH/c1-11-6-8-12(9-7-11)10-17-13-4-2-3-5-14(13)18-15(17)16;/h2-9,16H,10H2,1H3;1H. The second-order valence-corrected chi connectivity index (χ2v) is 5.48. The summed E-state index contributed by atoms with van der Waals surface area (Å²) in [7, 11) is 0. The molecule has 2 nitrogen and oxygen atoms in total. The molecule has 1 N–H and O–H groups in total. The van der Waals surface area contributed by atoms with E-state index in [1.54, 1.807) is 0 Å². The lowest BCUT2D eigenvalue weighted by Crippen LogP contribution is -2.13. The Kier molecular flexibility index (Phi) is 4.08. The molecule has 0 aliphatic carbocycles. The Morgan fingerprint density at radius 3 is 2.47 bits per heavy atom. The number of aromatic nitrogens is 1. The zero-order chi connectivity index (χ0) is 12.5. The van der Waals surface area contributed by atoms with Crippen molar-refractivity contribution in [1.29, 1.82) is 5.41 Å². The van der Waals surface area contributed by atoms with E-state index in [-0.39, 0.29) is 12.4 Å². The number of fused-ring (bicyclic) bond motifs is 1. The molecule has 19 heavy (non-hydrogen) atoms. The molecule has 98 valence electrons. The fourth-order valence-corrected chi connectivity index (χ4v) is 2.98. The molecular weight excluding hydrogens is 276 g/mol. The van der Waals surface area contributed by atoms with Gasteiger partial charge in [-0.3, -0.25) is 5.41 Å². The number of aryl methyl sites for hydroxylation is 1. The van der Waals surface area contributed by atoms with Gasteiger partial charge in [0.25, 0.3) is 0 Å². The minimum Gasteiger partial charge on any atom is -0.312 e. The largest absolute Gasteiger partial charge is 0.312 e. The molecule has 0 radical (unpaired) electrons. The van der Waals surface area contributed by atoms with Crippen molar-refractivity contribution < 1.29 is 0 Å². The molecule has 0 saturated carbocycles. The van der Waals surface area contributed by atoms with E-state index >= 15 is 0 Å². The van der Waals surface area contributed by atoms with E-state index in [4.69, 9.17) is 5.41 Å². The second kappa shape index (κ2) is 5.59. The number of hydrogen-bond donors (Lipinski definition) is 1. The van der Waals surface area contributed by atoms with Crippen LogP contribution in [0.4, 0.5) is 0 Å². The average Bonchev–Trinajstić information content (AvgIpc) is 2.69. The first-order valence-corrected chi connectivity index (χ1v) is 6.74. The summed E-state index contributed by atoms with van der Waals surface area (Å²) < 4.78 is 3.24. The first kappa shape index (κ1) is 13.8. The maximum atomic E-state index is 8.07. The van der Waals surface area contributed by atoms with Crippen LogP contribution in [0.25, 0.3) is 10.2 Å². The highest BCUT2D eigenvalue weighted by Crippen LogP contribution is 2.17. The molecule has 0 fully saturated rings. The molecule has 3 aromatic rings. The summed E-state index contributed by atoms with van der Waals surface area (Å²) in [5, 5.41) is 8.07. The number of benzene rings is 2. The van der Waals surface area contributed by atoms with E-state index in [2.05, 4.69) is 47.9 Å². The Hall–Kier alpha value is -1.58. The van der Waals surface area contributed by atoms with Gasteiger partial charge in [0.1, 0.15) is 0 Å². The molecule has 4 heteroatoms. The molecule has 0 amide bonds. The van der Waals surface area contributed by atoms with Gasteiger partial charge in [0.2, 0.25) is 0 Å². The Balaban J connectivity index is 0.00000133. The molecule has 0 saturated heterocycles. The fourth-order valence-electron chi connectivity index (χ4n) is 2.07. The molecule has 0 bridgehead atoms. The summed E-state index contributed by atoms with van der Waals surface area (Å²) in [6.07, 6.45) is 0. The van der Waals surface area contributed by atoms with Crippen molar-refractivity contribution in [2.75, 3.05) is 0 Å². The number of nitrogens with one attached hydrogen (secondary N) is 1. The molecule has 1 aromatic heterocycles. The Morgan fingerprint density at radius 1 is 1.05 bits per heavy atom. The van der Waals surface area contributed by atoms with Gasteiger partial charge in [-0.15, -0.1) is 12.4 Å². The highest BCUT2D eigenvalue weighted by atomic mass is 35.5. The van der Waals surface area contributed by atoms with Gasteiger partial charge in [-0.25, -0.2) is 0 Å². The van der Waals surface area contributed by atoms with Crippen molar-refractivity contribution in [3.8, 4) is 0 Å². The number of hydrogen-bond acceptors (Lipinski definition) is 2. The van der Waals surface area contributed by atoms with Gasteiger partial charge in [0.05, 0.1) is 16.8 Å². The van der Waals surface area contributed by atoms with Crippen LogP contribution in [0, 0.1) is 12.3 Å². The van der Waals surface area contributed by atoms with Gasteiger partial charge in [-0.05, 0) is 24.6 Å². The van der Waals surface area contributed by atoms with Crippen molar-refractivity contribution in [2.45, 2.75) is 13.5 Å². The monoisotopic (exact) mass is 290 g/mol. The van der Waals surface area contributed by atoms with Crippen LogP contribution in [0.3, 0.4) is 0 Å². The minimum atomic E-state index is 0. The van der Waals surface area contributed by atoms with Gasteiger partial charge in [0.15, 0.2) is 4.80 Å². The SMILES string of the molecule is Cc1ccc(Cn2c(=N)sc3ccccc32)cc1.Cl. The van der Waals surface area contributed by atoms with Gasteiger partial charge in [-0.2, -0.15) is 0 Å². The number of rotatable bonds is 2. The average molecular weight is 291 g/mol. The molecular formula is C15H15ClN2S. The maximum absolute atomic E-state index is 8.07.